The zero-order chi connectivity index (χ0) is 16.4. The minimum atomic E-state index is -0.0413. The number of nitrogens with zero attached hydrogens (tertiary/aromatic N) is 1. The third kappa shape index (κ3) is 2.95. The van der Waals surface area contributed by atoms with Crippen molar-refractivity contribution < 1.29 is 19.4 Å². The van der Waals surface area contributed by atoms with Crippen LogP contribution in [0.5, 0.6) is 17.2 Å². The van der Waals surface area contributed by atoms with E-state index in [0.717, 1.165) is 23.3 Å². The molecular weight excluding hydrogens is 294 g/mol. The second-order valence-electron chi connectivity index (χ2n) is 5.51. The van der Waals surface area contributed by atoms with Crippen LogP contribution in [0.25, 0.3) is 0 Å². The number of ether oxygens (including phenoxy) is 2. The topological polar surface area (TPSA) is 59.0 Å². The molecule has 1 aliphatic rings. The zero-order valence-corrected chi connectivity index (χ0v) is 13.2. The van der Waals surface area contributed by atoms with Crippen molar-refractivity contribution in [2.45, 2.75) is 13.0 Å². The van der Waals surface area contributed by atoms with E-state index in [0.29, 0.717) is 24.4 Å². The Bertz CT molecular complexity index is 725. The molecule has 2 aromatic rings. The lowest BCUT2D eigenvalue weighted by Crippen LogP contribution is -2.37. The summed E-state index contributed by atoms with van der Waals surface area (Å²) in [5, 5.41) is 9.84. The summed E-state index contributed by atoms with van der Waals surface area (Å²) in [6.07, 6.45) is 0.717. The first-order valence-electron chi connectivity index (χ1n) is 7.44. The van der Waals surface area contributed by atoms with Crippen LogP contribution in [0.1, 0.15) is 21.5 Å². The molecular formula is C18H19NO4. The van der Waals surface area contributed by atoms with Gasteiger partial charge >= 0.3 is 0 Å². The summed E-state index contributed by atoms with van der Waals surface area (Å²) in [4.78, 5) is 14.5. The number of rotatable bonds is 4. The summed E-state index contributed by atoms with van der Waals surface area (Å²) in [5.74, 6) is 1.15. The smallest absolute Gasteiger partial charge is 0.254 e. The van der Waals surface area contributed by atoms with Gasteiger partial charge in [0.15, 0.2) is 11.5 Å². The number of hydrogen-bond donors (Lipinski definition) is 1. The molecule has 5 heteroatoms. The lowest BCUT2D eigenvalue weighted by atomic mass is 9.97. The summed E-state index contributed by atoms with van der Waals surface area (Å²) in [6, 6.07) is 10.9. The molecule has 0 bridgehead atoms. The van der Waals surface area contributed by atoms with Crippen LogP contribution in [0.2, 0.25) is 0 Å². The molecule has 23 heavy (non-hydrogen) atoms. The van der Waals surface area contributed by atoms with Gasteiger partial charge in [-0.05, 0) is 41.8 Å². The van der Waals surface area contributed by atoms with Crippen molar-refractivity contribution in [1.82, 2.24) is 4.90 Å². The Morgan fingerprint density at radius 3 is 2.52 bits per heavy atom. The summed E-state index contributed by atoms with van der Waals surface area (Å²) in [5.41, 5.74) is 2.51. The first kappa shape index (κ1) is 15.2. The maximum Gasteiger partial charge on any atom is 0.254 e. The Hall–Kier alpha value is -2.69. The van der Waals surface area contributed by atoms with E-state index in [-0.39, 0.29) is 11.7 Å². The van der Waals surface area contributed by atoms with Crippen LogP contribution in [-0.4, -0.2) is 36.7 Å². The molecule has 120 valence electrons. The van der Waals surface area contributed by atoms with Crippen LogP contribution < -0.4 is 9.47 Å². The number of phenols is 1. The molecule has 2 aromatic carbocycles. The van der Waals surface area contributed by atoms with Gasteiger partial charge in [0.1, 0.15) is 5.75 Å². The third-order valence-corrected chi connectivity index (χ3v) is 4.11. The highest BCUT2D eigenvalue weighted by Gasteiger charge is 2.26. The number of aromatic hydroxyl groups is 1. The molecule has 0 radical (unpaired) electrons. The van der Waals surface area contributed by atoms with Gasteiger partial charge in [0.25, 0.3) is 5.91 Å². The molecule has 0 spiro atoms. The maximum atomic E-state index is 12.7. The minimum absolute atomic E-state index is 0.0413. The number of phenolic OH excluding ortho intramolecular Hbond substituents is 1. The number of methoxy groups -OCH3 is 2. The van der Waals surface area contributed by atoms with Gasteiger partial charge in [-0.3, -0.25) is 4.79 Å². The van der Waals surface area contributed by atoms with Gasteiger partial charge in [-0.2, -0.15) is 0 Å². The minimum Gasteiger partial charge on any atom is -0.504 e. The molecule has 0 fully saturated rings. The van der Waals surface area contributed by atoms with Gasteiger partial charge in [0.2, 0.25) is 0 Å². The third-order valence-electron chi connectivity index (χ3n) is 4.11. The molecule has 1 N–H and O–H groups in total. The van der Waals surface area contributed by atoms with Gasteiger partial charge in [0.05, 0.1) is 14.2 Å². The fraction of sp³-hybridized carbons (Fsp3) is 0.278. The van der Waals surface area contributed by atoms with E-state index in [1.165, 1.54) is 7.11 Å². The predicted octanol–water partition coefficient (Wildman–Crippen LogP) is 2.61. The van der Waals surface area contributed by atoms with Crippen LogP contribution in [0.4, 0.5) is 0 Å². The van der Waals surface area contributed by atoms with Crippen molar-refractivity contribution >= 4 is 5.91 Å². The van der Waals surface area contributed by atoms with Crippen molar-refractivity contribution in [3.05, 3.63) is 53.1 Å². The van der Waals surface area contributed by atoms with E-state index in [4.69, 9.17) is 9.47 Å². The van der Waals surface area contributed by atoms with E-state index in [1.54, 1.807) is 24.1 Å². The summed E-state index contributed by atoms with van der Waals surface area (Å²) in [6.45, 7) is 1.18. The number of fused-ring (bicyclic) bond motifs is 1. The first-order valence-corrected chi connectivity index (χ1v) is 7.44. The Morgan fingerprint density at radius 2 is 1.87 bits per heavy atom. The van der Waals surface area contributed by atoms with Crippen LogP contribution in [0, 0.1) is 0 Å². The molecule has 0 unspecified atom stereocenters. The largest absolute Gasteiger partial charge is 0.504 e. The number of carbonyl (C=O) groups excluding carboxylic acids is 1. The number of amides is 1. The second kappa shape index (κ2) is 6.20. The predicted molar refractivity (Wildman–Crippen MR) is 86.1 cm³/mol. The van der Waals surface area contributed by atoms with E-state index in [9.17, 15) is 9.90 Å². The van der Waals surface area contributed by atoms with Crippen LogP contribution in [0.3, 0.4) is 0 Å². The normalized spacial score (nSPS) is 13.7. The fourth-order valence-electron chi connectivity index (χ4n) is 2.81. The first-order chi connectivity index (χ1) is 11.1. The van der Waals surface area contributed by atoms with E-state index >= 15 is 0 Å². The van der Waals surface area contributed by atoms with E-state index in [1.807, 2.05) is 24.3 Å². The summed E-state index contributed by atoms with van der Waals surface area (Å²) in [7, 11) is 3.10. The van der Waals surface area contributed by atoms with Gasteiger partial charge in [0, 0.05) is 18.7 Å². The fourth-order valence-corrected chi connectivity index (χ4v) is 2.81. The van der Waals surface area contributed by atoms with Crippen LogP contribution >= 0.6 is 0 Å². The van der Waals surface area contributed by atoms with Crippen molar-refractivity contribution in [2.75, 3.05) is 20.8 Å². The lowest BCUT2D eigenvalue weighted by molar-refractivity contribution is 0.0726. The molecule has 1 heterocycles. The van der Waals surface area contributed by atoms with Gasteiger partial charge < -0.3 is 19.5 Å². The van der Waals surface area contributed by atoms with Crippen molar-refractivity contribution in [3.8, 4) is 17.2 Å². The molecule has 0 aliphatic carbocycles. The maximum absolute atomic E-state index is 12.7. The molecule has 0 saturated carbocycles. The molecule has 0 aromatic heterocycles. The van der Waals surface area contributed by atoms with Gasteiger partial charge in [-0.25, -0.2) is 0 Å². The SMILES string of the molecule is COc1ccc(CN2CCc3cc(O)c(OC)cc3C2=O)cc1. The Labute approximate surface area is 135 Å². The van der Waals surface area contributed by atoms with E-state index < -0.39 is 0 Å². The van der Waals surface area contributed by atoms with Crippen molar-refractivity contribution in [3.63, 3.8) is 0 Å². The Kier molecular flexibility index (Phi) is 4.10. The molecule has 1 aliphatic heterocycles. The highest BCUT2D eigenvalue weighted by Crippen LogP contribution is 2.32. The summed E-state index contributed by atoms with van der Waals surface area (Å²) >= 11 is 0. The summed E-state index contributed by atoms with van der Waals surface area (Å²) < 4.78 is 10.2. The Balaban J connectivity index is 1.82. The average molecular weight is 313 g/mol. The number of hydrogen-bond acceptors (Lipinski definition) is 4. The van der Waals surface area contributed by atoms with Crippen molar-refractivity contribution in [1.29, 1.82) is 0 Å². The molecule has 0 atom stereocenters. The molecule has 3 rings (SSSR count). The molecule has 0 saturated heterocycles. The zero-order valence-electron chi connectivity index (χ0n) is 13.2. The highest BCUT2D eigenvalue weighted by atomic mass is 16.5. The lowest BCUT2D eigenvalue weighted by Gasteiger charge is -2.29. The van der Waals surface area contributed by atoms with Crippen molar-refractivity contribution in [2.24, 2.45) is 0 Å². The monoisotopic (exact) mass is 313 g/mol. The second-order valence-corrected chi connectivity index (χ2v) is 5.51. The molecule has 1 amide bonds. The van der Waals surface area contributed by atoms with Crippen LogP contribution in [0.15, 0.2) is 36.4 Å². The van der Waals surface area contributed by atoms with Gasteiger partial charge in [-0.1, -0.05) is 12.1 Å². The number of benzene rings is 2. The quantitative estimate of drug-likeness (QED) is 0.942. The Morgan fingerprint density at radius 1 is 1.13 bits per heavy atom. The van der Waals surface area contributed by atoms with Gasteiger partial charge in [-0.15, -0.1) is 0 Å². The van der Waals surface area contributed by atoms with E-state index in [2.05, 4.69) is 0 Å². The highest BCUT2D eigenvalue weighted by molar-refractivity contribution is 5.97. The number of carbonyl (C=O) groups is 1. The molecule has 5 nitrogen and oxygen atoms in total. The standard InChI is InChI=1S/C18H19NO4/c1-22-14-5-3-12(4-6-14)11-19-8-7-13-9-16(20)17(23-2)10-15(13)18(19)21/h3-6,9-10,20H,7-8,11H2,1-2H3. The van der Waals surface area contributed by atoms with Crippen LogP contribution in [-0.2, 0) is 13.0 Å². The average Bonchev–Trinajstić information content (AvgIpc) is 2.58.